The summed E-state index contributed by atoms with van der Waals surface area (Å²) in [6.45, 7) is 5.24. The zero-order chi connectivity index (χ0) is 14.7. The molecular weight excluding hydrogens is 280 g/mol. The Morgan fingerprint density at radius 1 is 1.38 bits per heavy atom. The van der Waals surface area contributed by atoms with E-state index in [9.17, 15) is 0 Å². The molecule has 1 fully saturated rings. The first kappa shape index (κ1) is 14.7. The molecule has 0 amide bonds. The molecule has 0 saturated heterocycles. The van der Waals surface area contributed by atoms with Crippen LogP contribution in [0, 0.1) is 0 Å². The van der Waals surface area contributed by atoms with Crippen molar-refractivity contribution in [2.24, 2.45) is 0 Å². The summed E-state index contributed by atoms with van der Waals surface area (Å²) in [6.07, 6.45) is 9.24. The molecule has 3 rings (SSSR count). The third-order valence-corrected chi connectivity index (χ3v) is 5.60. The summed E-state index contributed by atoms with van der Waals surface area (Å²) in [5, 5.41) is 11.4. The van der Waals surface area contributed by atoms with E-state index in [1.807, 2.05) is 34.5 Å². The van der Waals surface area contributed by atoms with E-state index < -0.39 is 0 Å². The van der Waals surface area contributed by atoms with E-state index in [1.165, 1.54) is 36.4 Å². The van der Waals surface area contributed by atoms with Gasteiger partial charge in [0.25, 0.3) is 0 Å². The minimum absolute atomic E-state index is 0.341. The van der Waals surface area contributed by atoms with Crippen molar-refractivity contribution >= 4 is 11.3 Å². The third-order valence-electron chi connectivity index (χ3n) is 4.54. The zero-order valence-electron chi connectivity index (χ0n) is 12.8. The quantitative estimate of drug-likeness (QED) is 0.884. The first-order chi connectivity index (χ1) is 10.2. The molecule has 2 heterocycles. The lowest BCUT2D eigenvalue weighted by molar-refractivity contribution is 0.364. The first-order valence-electron chi connectivity index (χ1n) is 7.91. The number of hydrogen-bond acceptors (Lipinski definition) is 4. The lowest BCUT2D eigenvalue weighted by Gasteiger charge is -2.21. The van der Waals surface area contributed by atoms with Gasteiger partial charge in [0.05, 0.1) is 16.7 Å². The zero-order valence-corrected chi connectivity index (χ0v) is 13.6. The van der Waals surface area contributed by atoms with Gasteiger partial charge in [-0.25, -0.2) is 4.98 Å². The Balaban J connectivity index is 1.52. The van der Waals surface area contributed by atoms with E-state index in [0.29, 0.717) is 12.1 Å². The first-order valence-corrected chi connectivity index (χ1v) is 8.79. The molecule has 1 saturated carbocycles. The van der Waals surface area contributed by atoms with Crippen molar-refractivity contribution in [1.29, 1.82) is 0 Å². The van der Waals surface area contributed by atoms with E-state index >= 15 is 0 Å². The molecule has 0 aliphatic heterocycles. The highest BCUT2D eigenvalue weighted by Gasteiger charge is 2.20. The van der Waals surface area contributed by atoms with Gasteiger partial charge in [-0.1, -0.05) is 12.8 Å². The minimum atomic E-state index is 0.341. The van der Waals surface area contributed by atoms with Crippen molar-refractivity contribution in [3.63, 3.8) is 0 Å². The van der Waals surface area contributed by atoms with Crippen LogP contribution in [-0.4, -0.2) is 20.8 Å². The van der Waals surface area contributed by atoms with E-state index in [4.69, 9.17) is 4.98 Å². The van der Waals surface area contributed by atoms with Crippen LogP contribution in [0.3, 0.4) is 0 Å². The van der Waals surface area contributed by atoms with Gasteiger partial charge in [-0.2, -0.15) is 5.10 Å². The van der Waals surface area contributed by atoms with Gasteiger partial charge in [-0.3, -0.25) is 4.68 Å². The second-order valence-electron chi connectivity index (χ2n) is 6.05. The Kier molecular flexibility index (Phi) is 4.70. The summed E-state index contributed by atoms with van der Waals surface area (Å²) in [4.78, 5) is 4.82. The van der Waals surface area contributed by atoms with Gasteiger partial charge < -0.3 is 5.32 Å². The predicted octanol–water partition coefficient (Wildman–Crippen LogP) is 3.74. The summed E-state index contributed by atoms with van der Waals surface area (Å²) >= 11 is 1.84. The number of nitrogens with one attached hydrogen (secondary N) is 1. The molecule has 4 nitrogen and oxygen atoms in total. The summed E-state index contributed by atoms with van der Waals surface area (Å²) < 4.78 is 2.00. The van der Waals surface area contributed by atoms with Crippen molar-refractivity contribution in [2.45, 2.75) is 64.1 Å². The maximum Gasteiger partial charge on any atom is 0.0959 e. The van der Waals surface area contributed by atoms with Crippen LogP contribution in [0.25, 0.3) is 0 Å². The smallest absolute Gasteiger partial charge is 0.0959 e. The second-order valence-corrected chi connectivity index (χ2v) is 6.94. The minimum Gasteiger partial charge on any atom is -0.306 e. The van der Waals surface area contributed by atoms with E-state index in [2.05, 4.69) is 29.6 Å². The third kappa shape index (κ3) is 3.52. The van der Waals surface area contributed by atoms with Crippen LogP contribution in [0.4, 0.5) is 0 Å². The Bertz CT molecular complexity index is 542. The van der Waals surface area contributed by atoms with Crippen molar-refractivity contribution in [3.05, 3.63) is 34.5 Å². The molecule has 0 radical (unpaired) electrons. The van der Waals surface area contributed by atoms with Crippen molar-refractivity contribution in [1.82, 2.24) is 20.1 Å². The van der Waals surface area contributed by atoms with Gasteiger partial charge in [-0.15, -0.1) is 11.3 Å². The van der Waals surface area contributed by atoms with Crippen molar-refractivity contribution < 1.29 is 0 Å². The van der Waals surface area contributed by atoms with Crippen LogP contribution in [-0.2, 0) is 6.54 Å². The van der Waals surface area contributed by atoms with Crippen LogP contribution in [0.1, 0.15) is 62.2 Å². The van der Waals surface area contributed by atoms with E-state index in [-0.39, 0.29) is 0 Å². The molecule has 2 aromatic heterocycles. The number of thiazole rings is 1. The lowest BCUT2D eigenvalue weighted by atomic mass is 10.1. The fourth-order valence-electron chi connectivity index (χ4n) is 2.95. The molecule has 0 aromatic carbocycles. The average Bonchev–Trinajstić information content (AvgIpc) is 3.25. The molecule has 0 spiro atoms. The SMILES string of the molecule is C[C@H](NCc1csc(C2CCCC2)n1)[C@@H](C)n1cccn1. The highest BCUT2D eigenvalue weighted by atomic mass is 32.1. The lowest BCUT2D eigenvalue weighted by Crippen LogP contribution is -2.33. The second kappa shape index (κ2) is 6.71. The average molecular weight is 304 g/mol. The standard InChI is InChI=1S/C16H24N4S/c1-12(13(2)20-9-5-8-18-20)17-10-15-11-21-16(19-15)14-6-3-4-7-14/h5,8-9,11-14,17H,3-4,6-7,10H2,1-2H3/t12-,13+/m0/s1. The highest BCUT2D eigenvalue weighted by Crippen LogP contribution is 2.35. The molecule has 2 atom stereocenters. The van der Waals surface area contributed by atoms with Crippen LogP contribution < -0.4 is 5.32 Å². The Morgan fingerprint density at radius 3 is 2.90 bits per heavy atom. The fraction of sp³-hybridized carbons (Fsp3) is 0.625. The summed E-state index contributed by atoms with van der Waals surface area (Å²) in [7, 11) is 0. The molecule has 2 aromatic rings. The van der Waals surface area contributed by atoms with Crippen LogP contribution >= 0.6 is 11.3 Å². The molecular formula is C16H24N4S. The number of hydrogen-bond donors (Lipinski definition) is 1. The van der Waals surface area contributed by atoms with Crippen molar-refractivity contribution in [2.75, 3.05) is 0 Å². The Labute approximate surface area is 130 Å². The monoisotopic (exact) mass is 304 g/mol. The van der Waals surface area contributed by atoms with Gasteiger partial charge in [-0.05, 0) is 32.8 Å². The Hall–Kier alpha value is -1.20. The summed E-state index contributed by atoms with van der Waals surface area (Å²) in [5.41, 5.74) is 1.18. The molecule has 114 valence electrons. The van der Waals surface area contributed by atoms with Gasteiger partial charge in [0.1, 0.15) is 0 Å². The number of rotatable bonds is 6. The largest absolute Gasteiger partial charge is 0.306 e. The fourth-order valence-corrected chi connectivity index (χ4v) is 3.94. The summed E-state index contributed by atoms with van der Waals surface area (Å²) in [6, 6.07) is 2.67. The molecule has 1 aliphatic rings. The van der Waals surface area contributed by atoms with Crippen molar-refractivity contribution in [3.8, 4) is 0 Å². The topological polar surface area (TPSA) is 42.7 Å². The highest BCUT2D eigenvalue weighted by molar-refractivity contribution is 7.09. The predicted molar refractivity (Wildman–Crippen MR) is 86.6 cm³/mol. The molecule has 5 heteroatoms. The van der Waals surface area contributed by atoms with Gasteiger partial charge in [0.2, 0.25) is 0 Å². The maximum absolute atomic E-state index is 4.82. The number of nitrogens with zero attached hydrogens (tertiary/aromatic N) is 3. The normalized spacial score (nSPS) is 19.0. The van der Waals surface area contributed by atoms with Crippen LogP contribution in [0.5, 0.6) is 0 Å². The number of aromatic nitrogens is 3. The molecule has 1 aliphatic carbocycles. The summed E-state index contributed by atoms with van der Waals surface area (Å²) in [5.74, 6) is 0.726. The Morgan fingerprint density at radius 2 is 2.19 bits per heavy atom. The van der Waals surface area contributed by atoms with Crippen LogP contribution in [0.2, 0.25) is 0 Å². The molecule has 0 bridgehead atoms. The van der Waals surface area contributed by atoms with Gasteiger partial charge >= 0.3 is 0 Å². The van der Waals surface area contributed by atoms with E-state index in [0.717, 1.165) is 12.5 Å². The van der Waals surface area contributed by atoms with Gasteiger partial charge in [0, 0.05) is 36.3 Å². The maximum atomic E-state index is 4.82. The molecule has 0 unspecified atom stereocenters. The molecule has 1 N–H and O–H groups in total. The molecule has 21 heavy (non-hydrogen) atoms. The van der Waals surface area contributed by atoms with Gasteiger partial charge in [0.15, 0.2) is 0 Å². The van der Waals surface area contributed by atoms with Crippen LogP contribution in [0.15, 0.2) is 23.8 Å². The van der Waals surface area contributed by atoms with E-state index in [1.54, 1.807) is 0 Å².